The van der Waals surface area contributed by atoms with E-state index in [1.807, 2.05) is 13.8 Å². The van der Waals surface area contributed by atoms with Crippen LogP contribution in [0.5, 0.6) is 0 Å². The average Bonchev–Trinajstić information content (AvgIpc) is 1.38. The minimum absolute atomic E-state index is 0.0278. The Labute approximate surface area is 32.6 Å². The molecule has 5 heavy (non-hydrogen) atoms. The largest absolute Gasteiger partial charge is 0.236 e. The molecule has 1 heteroatoms. The van der Waals surface area contributed by atoms with E-state index in [-0.39, 0.29) is 6.61 Å². The van der Waals surface area contributed by atoms with Crippen molar-refractivity contribution in [1.82, 2.24) is 0 Å². The minimum Gasteiger partial charge on any atom is -0.236 e. The van der Waals surface area contributed by atoms with E-state index in [9.17, 15) is 5.11 Å². The number of hydrogen-bond donors (Lipinski definition) is 0. The maximum Gasteiger partial charge on any atom is 0.0879 e. The van der Waals surface area contributed by atoms with Gasteiger partial charge in [-0.1, -0.05) is 13.8 Å². The quantitative estimate of drug-likeness (QED) is 0.441. The van der Waals surface area contributed by atoms with E-state index >= 15 is 0 Å². The highest BCUT2D eigenvalue weighted by Gasteiger charge is 1.84. The van der Waals surface area contributed by atoms with Crippen LogP contribution in [0.2, 0.25) is 0 Å². The Morgan fingerprint density at radius 1 is 1.60 bits per heavy atom. The lowest BCUT2D eigenvalue weighted by Crippen LogP contribution is -1.85. The van der Waals surface area contributed by atoms with Crippen LogP contribution in [0.3, 0.4) is 0 Å². The molecule has 0 aromatic rings. The van der Waals surface area contributed by atoms with Crippen molar-refractivity contribution in [1.29, 1.82) is 0 Å². The van der Waals surface area contributed by atoms with Crippen molar-refractivity contribution < 1.29 is 5.11 Å². The van der Waals surface area contributed by atoms with Gasteiger partial charge < -0.3 is 0 Å². The van der Waals surface area contributed by atoms with Crippen LogP contribution in [-0.2, 0) is 5.11 Å². The van der Waals surface area contributed by atoms with Crippen LogP contribution >= 0.6 is 0 Å². The maximum absolute atomic E-state index is 9.59. The molecule has 0 aromatic carbocycles. The van der Waals surface area contributed by atoms with Crippen molar-refractivity contribution in [3.63, 3.8) is 0 Å². The molecule has 0 bridgehead atoms. The molecule has 30 valence electrons. The van der Waals surface area contributed by atoms with Gasteiger partial charge in [0.15, 0.2) is 0 Å². The molecular weight excluding hydrogens is 64.0 g/mol. The maximum atomic E-state index is 9.59. The fourth-order valence-electron chi connectivity index (χ4n) is 0. The first-order valence-corrected chi connectivity index (χ1v) is 1.64. The Bertz CT molecular complexity index is 17.6. The van der Waals surface area contributed by atoms with Gasteiger partial charge in [0, 0.05) is 0 Å². The summed E-state index contributed by atoms with van der Waals surface area (Å²) in [5, 5.41) is 9.59. The van der Waals surface area contributed by atoms with Gasteiger partial charge in [0.2, 0.25) is 0 Å². The van der Waals surface area contributed by atoms with Gasteiger partial charge >= 0.3 is 0 Å². The van der Waals surface area contributed by atoms with Crippen molar-refractivity contribution >= 4 is 0 Å². The molecule has 0 N–H and O–H groups in total. The second-order valence-electron chi connectivity index (χ2n) is 1.35. The van der Waals surface area contributed by atoms with Crippen LogP contribution in [0.4, 0.5) is 0 Å². The molecule has 0 fully saturated rings. The van der Waals surface area contributed by atoms with E-state index in [4.69, 9.17) is 0 Å². The van der Waals surface area contributed by atoms with E-state index in [1.54, 1.807) is 0 Å². The van der Waals surface area contributed by atoms with E-state index in [0.29, 0.717) is 0 Å². The van der Waals surface area contributed by atoms with Crippen LogP contribution < -0.4 is 0 Å². The van der Waals surface area contributed by atoms with Crippen LogP contribution in [0.1, 0.15) is 13.8 Å². The molecule has 0 aliphatic rings. The third-order valence-corrected chi connectivity index (χ3v) is 0.289. The molecule has 0 saturated carbocycles. The number of rotatable bonds is 1. The van der Waals surface area contributed by atoms with E-state index < -0.39 is 0 Å². The first-order chi connectivity index (χ1) is 2.27. The average molecular weight is 72.1 g/mol. The summed E-state index contributed by atoms with van der Waals surface area (Å²) in [7, 11) is 0. The van der Waals surface area contributed by atoms with Gasteiger partial charge in [0.25, 0.3) is 0 Å². The molecule has 0 unspecified atom stereocenters. The number of hydrogen-bond acceptors (Lipinski definition) is 0. The molecule has 0 aromatic heterocycles. The van der Waals surface area contributed by atoms with Gasteiger partial charge in [-0.3, -0.25) is 0 Å². The monoisotopic (exact) mass is 72.1 g/mol. The fraction of sp³-hybridized carbons (Fsp3) is 0.750. The molecule has 2 radical (unpaired) electrons. The molecule has 0 heterocycles. The summed E-state index contributed by atoms with van der Waals surface area (Å²) >= 11 is 0. The van der Waals surface area contributed by atoms with Crippen LogP contribution in [-0.4, -0.2) is 6.61 Å². The van der Waals surface area contributed by atoms with Crippen molar-refractivity contribution in [2.45, 2.75) is 13.8 Å². The summed E-state index contributed by atoms with van der Waals surface area (Å²) in [4.78, 5) is 0. The smallest absolute Gasteiger partial charge is 0.0879 e. The van der Waals surface area contributed by atoms with Crippen molar-refractivity contribution in [2.24, 2.45) is 0 Å². The molecule has 0 saturated heterocycles. The lowest BCUT2D eigenvalue weighted by Gasteiger charge is -1.86. The van der Waals surface area contributed by atoms with E-state index in [1.165, 1.54) is 0 Å². The highest BCUT2D eigenvalue weighted by atomic mass is 16.3. The molecule has 0 aliphatic carbocycles. The zero-order valence-electron chi connectivity index (χ0n) is 3.62. The molecular formula is C4H8O. The van der Waals surface area contributed by atoms with Gasteiger partial charge in [0.1, 0.15) is 0 Å². The van der Waals surface area contributed by atoms with Crippen LogP contribution in [0, 0.1) is 5.92 Å². The molecule has 1 nitrogen and oxygen atoms in total. The predicted molar refractivity (Wildman–Crippen MR) is 20.1 cm³/mol. The first-order valence-electron chi connectivity index (χ1n) is 1.64. The summed E-state index contributed by atoms with van der Waals surface area (Å²) in [6.45, 7) is 3.62. The van der Waals surface area contributed by atoms with Crippen LogP contribution in [0.25, 0.3) is 0 Å². The summed E-state index contributed by atoms with van der Waals surface area (Å²) < 4.78 is 0. The minimum atomic E-state index is -0.0278. The van der Waals surface area contributed by atoms with Crippen LogP contribution in [0.15, 0.2) is 0 Å². The molecule has 0 atom stereocenters. The Morgan fingerprint density at radius 2 is 1.80 bits per heavy atom. The van der Waals surface area contributed by atoms with Crippen molar-refractivity contribution in [3.8, 4) is 0 Å². The highest BCUT2D eigenvalue weighted by Crippen LogP contribution is 1.87. The zero-order valence-corrected chi connectivity index (χ0v) is 3.62. The summed E-state index contributed by atoms with van der Waals surface area (Å²) in [5.41, 5.74) is 0. The third kappa shape index (κ3) is 3.96. The topological polar surface area (TPSA) is 19.9 Å². The normalized spacial score (nSPS) is 9.60. The lowest BCUT2D eigenvalue weighted by atomic mass is 10.2. The molecule has 0 amide bonds. The second kappa shape index (κ2) is 2.21. The highest BCUT2D eigenvalue weighted by molar-refractivity contribution is 4.73. The SMILES string of the molecule is C[C](C)C[O]. The van der Waals surface area contributed by atoms with Gasteiger partial charge in [-0.2, -0.15) is 0 Å². The van der Waals surface area contributed by atoms with Gasteiger partial charge in [-0.05, 0) is 5.92 Å². The first kappa shape index (κ1) is 4.96. The van der Waals surface area contributed by atoms with Crippen molar-refractivity contribution in [2.75, 3.05) is 6.61 Å². The fourth-order valence-corrected chi connectivity index (χ4v) is 0. The molecule has 0 aliphatic heterocycles. The Kier molecular flexibility index (Phi) is 2.19. The lowest BCUT2D eigenvalue weighted by molar-refractivity contribution is 0.207. The Hall–Kier alpha value is -0.0400. The van der Waals surface area contributed by atoms with E-state index in [2.05, 4.69) is 0 Å². The van der Waals surface area contributed by atoms with Gasteiger partial charge in [-0.15, -0.1) is 0 Å². The Morgan fingerprint density at radius 3 is 1.80 bits per heavy atom. The molecule has 0 spiro atoms. The summed E-state index contributed by atoms with van der Waals surface area (Å²) in [6.07, 6.45) is 0. The summed E-state index contributed by atoms with van der Waals surface area (Å²) in [6, 6.07) is 0. The van der Waals surface area contributed by atoms with Crippen molar-refractivity contribution in [3.05, 3.63) is 5.92 Å². The molecule has 0 rings (SSSR count). The Balaban J connectivity index is 2.54. The second-order valence-corrected chi connectivity index (χ2v) is 1.35. The van der Waals surface area contributed by atoms with Gasteiger partial charge in [0.05, 0.1) is 6.61 Å². The third-order valence-electron chi connectivity index (χ3n) is 0.289. The zero-order chi connectivity index (χ0) is 4.28. The van der Waals surface area contributed by atoms with Gasteiger partial charge in [-0.25, -0.2) is 5.11 Å². The standard InChI is InChI=1S/C4H8O/c1-4(2)3-5/h3H2,1-2H3. The van der Waals surface area contributed by atoms with E-state index in [0.717, 1.165) is 5.92 Å². The predicted octanol–water partition coefficient (Wildman–Crippen LogP) is 1.03. The summed E-state index contributed by atoms with van der Waals surface area (Å²) in [5.74, 6) is 0.949.